The molecule has 0 aliphatic carbocycles. The summed E-state index contributed by atoms with van der Waals surface area (Å²) in [5.41, 5.74) is 1.42. The molecule has 0 amide bonds. The minimum Gasteiger partial charge on any atom is -0.494 e. The molecule has 3 rings (SSSR count). The number of nitrogens with one attached hydrogen (secondary N) is 1. The first-order chi connectivity index (χ1) is 12.6. The second-order valence-corrected chi connectivity index (χ2v) is 6.66. The lowest BCUT2D eigenvalue weighted by atomic mass is 10.1. The number of carbonyl (C=O) groups excluding carboxylic acids is 2. The van der Waals surface area contributed by atoms with Crippen molar-refractivity contribution in [2.45, 2.75) is 12.8 Å². The molecule has 0 atom stereocenters. The van der Waals surface area contributed by atoms with E-state index in [1.54, 1.807) is 6.20 Å². The van der Waals surface area contributed by atoms with Gasteiger partial charge in [-0.1, -0.05) is 40.2 Å². The summed E-state index contributed by atoms with van der Waals surface area (Å²) in [6, 6.07) is 15.0. The van der Waals surface area contributed by atoms with E-state index in [0.717, 1.165) is 21.1 Å². The van der Waals surface area contributed by atoms with Crippen LogP contribution in [0.1, 0.15) is 23.2 Å². The van der Waals surface area contributed by atoms with Crippen LogP contribution in [-0.4, -0.2) is 30.0 Å². The maximum Gasteiger partial charge on any atom is 0.306 e. The van der Waals surface area contributed by atoms with Gasteiger partial charge in [-0.3, -0.25) is 9.59 Å². The van der Waals surface area contributed by atoms with Gasteiger partial charge in [-0.15, -0.1) is 0 Å². The molecule has 26 heavy (non-hydrogen) atoms. The number of esters is 1. The SMILES string of the molecule is O=C(CCCOc1cccc(Br)c1)OCC(=O)c1c[nH]c2ccccc12. The van der Waals surface area contributed by atoms with Crippen LogP contribution in [0.3, 0.4) is 0 Å². The quantitative estimate of drug-likeness (QED) is 0.333. The van der Waals surface area contributed by atoms with Crippen molar-refractivity contribution in [2.24, 2.45) is 0 Å². The summed E-state index contributed by atoms with van der Waals surface area (Å²) in [4.78, 5) is 27.1. The normalized spacial score (nSPS) is 10.7. The summed E-state index contributed by atoms with van der Waals surface area (Å²) in [5.74, 6) is 0.111. The summed E-state index contributed by atoms with van der Waals surface area (Å²) in [7, 11) is 0. The van der Waals surface area contributed by atoms with E-state index in [1.165, 1.54) is 0 Å². The molecule has 0 radical (unpaired) electrons. The first kappa shape index (κ1) is 18.2. The van der Waals surface area contributed by atoms with Crippen molar-refractivity contribution in [3.63, 3.8) is 0 Å². The number of para-hydroxylation sites is 1. The smallest absolute Gasteiger partial charge is 0.306 e. The summed E-state index contributed by atoms with van der Waals surface area (Å²) in [6.07, 6.45) is 2.37. The molecule has 0 spiro atoms. The van der Waals surface area contributed by atoms with Crippen LogP contribution in [0.5, 0.6) is 5.75 Å². The number of halogens is 1. The fourth-order valence-electron chi connectivity index (χ4n) is 2.56. The summed E-state index contributed by atoms with van der Waals surface area (Å²) >= 11 is 3.37. The van der Waals surface area contributed by atoms with Crippen LogP contribution >= 0.6 is 15.9 Å². The first-order valence-electron chi connectivity index (χ1n) is 8.27. The number of ether oxygens (including phenoxy) is 2. The van der Waals surface area contributed by atoms with Crippen LogP contribution < -0.4 is 4.74 Å². The molecule has 0 saturated heterocycles. The van der Waals surface area contributed by atoms with Gasteiger partial charge in [-0.05, 0) is 30.7 Å². The predicted molar refractivity (Wildman–Crippen MR) is 102 cm³/mol. The van der Waals surface area contributed by atoms with Crippen molar-refractivity contribution in [2.75, 3.05) is 13.2 Å². The van der Waals surface area contributed by atoms with Crippen molar-refractivity contribution in [3.05, 3.63) is 64.8 Å². The van der Waals surface area contributed by atoms with Gasteiger partial charge in [0.15, 0.2) is 6.61 Å². The highest BCUT2D eigenvalue weighted by molar-refractivity contribution is 9.10. The lowest BCUT2D eigenvalue weighted by Crippen LogP contribution is -2.14. The summed E-state index contributed by atoms with van der Waals surface area (Å²) in [5, 5.41) is 0.830. The number of ketones is 1. The topological polar surface area (TPSA) is 68.4 Å². The fourth-order valence-corrected chi connectivity index (χ4v) is 2.94. The number of Topliss-reactive ketones (excluding diaryl/α,β-unsaturated/α-hetero) is 1. The predicted octanol–water partition coefficient (Wildman–Crippen LogP) is 4.52. The van der Waals surface area contributed by atoms with E-state index in [-0.39, 0.29) is 18.8 Å². The zero-order valence-corrected chi connectivity index (χ0v) is 15.6. The zero-order chi connectivity index (χ0) is 18.4. The number of fused-ring (bicyclic) bond motifs is 1. The fraction of sp³-hybridized carbons (Fsp3) is 0.200. The van der Waals surface area contributed by atoms with Crippen molar-refractivity contribution in [1.29, 1.82) is 0 Å². The molecular weight excluding hydrogens is 398 g/mol. The number of aromatic amines is 1. The number of carbonyl (C=O) groups is 2. The Hall–Kier alpha value is -2.60. The number of rotatable bonds is 8. The van der Waals surface area contributed by atoms with E-state index in [0.29, 0.717) is 18.6 Å². The van der Waals surface area contributed by atoms with Gasteiger partial charge < -0.3 is 14.5 Å². The van der Waals surface area contributed by atoms with Crippen molar-refractivity contribution in [3.8, 4) is 5.75 Å². The zero-order valence-electron chi connectivity index (χ0n) is 14.0. The molecule has 1 heterocycles. The summed E-state index contributed by atoms with van der Waals surface area (Å²) in [6.45, 7) is 0.148. The van der Waals surface area contributed by atoms with Gasteiger partial charge in [0.1, 0.15) is 5.75 Å². The highest BCUT2D eigenvalue weighted by Gasteiger charge is 2.14. The van der Waals surface area contributed by atoms with E-state index in [9.17, 15) is 9.59 Å². The van der Waals surface area contributed by atoms with E-state index in [1.807, 2.05) is 48.5 Å². The third-order valence-corrected chi connectivity index (χ3v) is 4.34. The maximum absolute atomic E-state index is 12.2. The number of aromatic nitrogens is 1. The van der Waals surface area contributed by atoms with Crippen LogP contribution in [-0.2, 0) is 9.53 Å². The number of hydrogen-bond acceptors (Lipinski definition) is 4. The van der Waals surface area contributed by atoms with Gasteiger partial charge in [-0.25, -0.2) is 0 Å². The number of H-pyrrole nitrogens is 1. The average molecular weight is 416 g/mol. The monoisotopic (exact) mass is 415 g/mol. The molecule has 2 aromatic carbocycles. The van der Waals surface area contributed by atoms with Gasteiger partial charge in [0.05, 0.1) is 6.61 Å². The van der Waals surface area contributed by atoms with E-state index >= 15 is 0 Å². The molecule has 0 aliphatic rings. The van der Waals surface area contributed by atoms with Crippen molar-refractivity contribution < 1.29 is 19.1 Å². The van der Waals surface area contributed by atoms with Gasteiger partial charge in [0.2, 0.25) is 5.78 Å². The van der Waals surface area contributed by atoms with Crippen LogP contribution in [0.25, 0.3) is 10.9 Å². The molecule has 6 heteroatoms. The molecule has 1 aromatic heterocycles. The van der Waals surface area contributed by atoms with Crippen LogP contribution in [0.2, 0.25) is 0 Å². The standard InChI is InChI=1S/C20H18BrNO4/c21-14-5-3-6-15(11-14)25-10-4-9-20(24)26-13-19(23)17-12-22-18-8-2-1-7-16(17)18/h1-3,5-8,11-12,22H,4,9-10,13H2. The molecule has 0 unspecified atom stereocenters. The van der Waals surface area contributed by atoms with Gasteiger partial charge in [0.25, 0.3) is 0 Å². The molecular formula is C20H18BrNO4. The third-order valence-electron chi connectivity index (χ3n) is 3.84. The third kappa shape index (κ3) is 4.73. The second-order valence-electron chi connectivity index (χ2n) is 5.74. The lowest BCUT2D eigenvalue weighted by molar-refractivity contribution is -0.142. The lowest BCUT2D eigenvalue weighted by Gasteiger charge is -2.07. The largest absolute Gasteiger partial charge is 0.494 e. The van der Waals surface area contributed by atoms with E-state index in [2.05, 4.69) is 20.9 Å². The maximum atomic E-state index is 12.2. The molecule has 0 fully saturated rings. The Balaban J connectivity index is 1.40. The highest BCUT2D eigenvalue weighted by atomic mass is 79.9. The van der Waals surface area contributed by atoms with Crippen molar-refractivity contribution in [1.82, 2.24) is 4.98 Å². The Morgan fingerprint density at radius 2 is 1.92 bits per heavy atom. The molecule has 134 valence electrons. The Kier molecular flexibility index (Phi) is 6.07. The number of hydrogen-bond donors (Lipinski definition) is 1. The number of benzene rings is 2. The average Bonchev–Trinajstić information content (AvgIpc) is 3.07. The highest BCUT2D eigenvalue weighted by Crippen LogP contribution is 2.19. The second kappa shape index (κ2) is 8.67. The minimum atomic E-state index is -0.406. The Morgan fingerprint density at radius 3 is 2.77 bits per heavy atom. The Bertz CT molecular complexity index is 919. The Labute approximate surface area is 159 Å². The van der Waals surface area contributed by atoms with Crippen molar-refractivity contribution >= 4 is 38.6 Å². The van der Waals surface area contributed by atoms with E-state index < -0.39 is 5.97 Å². The molecule has 5 nitrogen and oxygen atoms in total. The molecule has 3 aromatic rings. The van der Waals surface area contributed by atoms with Crippen LogP contribution in [0.15, 0.2) is 59.2 Å². The van der Waals surface area contributed by atoms with Crippen LogP contribution in [0, 0.1) is 0 Å². The molecule has 0 saturated carbocycles. The van der Waals surface area contributed by atoms with Gasteiger partial charge >= 0.3 is 5.97 Å². The molecule has 1 N–H and O–H groups in total. The van der Waals surface area contributed by atoms with Gasteiger partial charge in [-0.2, -0.15) is 0 Å². The van der Waals surface area contributed by atoms with E-state index in [4.69, 9.17) is 9.47 Å². The Morgan fingerprint density at radius 1 is 1.08 bits per heavy atom. The minimum absolute atomic E-state index is 0.204. The first-order valence-corrected chi connectivity index (χ1v) is 9.06. The van der Waals surface area contributed by atoms with Gasteiger partial charge in [0, 0.05) is 33.6 Å². The van der Waals surface area contributed by atoms with Crippen LogP contribution in [0.4, 0.5) is 0 Å². The summed E-state index contributed by atoms with van der Waals surface area (Å²) < 4.78 is 11.6. The molecule has 0 aliphatic heterocycles. The molecule has 0 bridgehead atoms.